The molecule has 0 unspecified atom stereocenters. The van der Waals surface area contributed by atoms with E-state index in [0.717, 1.165) is 37.3 Å². The molecule has 1 saturated heterocycles. The summed E-state index contributed by atoms with van der Waals surface area (Å²) < 4.78 is 5.09. The number of rotatable bonds is 8. The Morgan fingerprint density at radius 2 is 1.92 bits per heavy atom. The third-order valence-electron chi connectivity index (χ3n) is 4.23. The summed E-state index contributed by atoms with van der Waals surface area (Å²) in [6.45, 7) is 4.13. The number of carbonyl (C=O) groups excluding carboxylic acids is 3. The predicted molar refractivity (Wildman–Crippen MR) is 95.3 cm³/mol. The summed E-state index contributed by atoms with van der Waals surface area (Å²) in [4.78, 5) is 35.0. The quantitative estimate of drug-likeness (QED) is 0.423. The van der Waals surface area contributed by atoms with Crippen LogP contribution in [0.2, 0.25) is 0 Å². The van der Waals surface area contributed by atoms with Gasteiger partial charge in [-0.05, 0) is 43.0 Å². The van der Waals surface area contributed by atoms with E-state index in [-0.39, 0.29) is 18.3 Å². The third-order valence-corrected chi connectivity index (χ3v) is 4.23. The Morgan fingerprint density at radius 3 is 2.52 bits per heavy atom. The highest BCUT2D eigenvalue weighted by molar-refractivity contribution is 5.91. The fraction of sp³-hybridized carbons (Fsp3) is 0.500. The van der Waals surface area contributed by atoms with E-state index in [4.69, 9.17) is 4.74 Å². The Labute approximate surface area is 147 Å². The number of hydrogen-bond donors (Lipinski definition) is 2. The van der Waals surface area contributed by atoms with Crippen LogP contribution in [0.4, 0.5) is 11.4 Å². The summed E-state index contributed by atoms with van der Waals surface area (Å²) in [5, 5.41) is 5.26. The van der Waals surface area contributed by atoms with Crippen LogP contribution < -0.4 is 15.5 Å². The van der Waals surface area contributed by atoms with Gasteiger partial charge in [-0.25, -0.2) is 0 Å². The zero-order valence-electron chi connectivity index (χ0n) is 14.5. The van der Waals surface area contributed by atoms with Crippen molar-refractivity contribution in [3.63, 3.8) is 0 Å². The normalized spacial score (nSPS) is 14.7. The molecule has 0 aliphatic carbocycles. The minimum absolute atomic E-state index is 0.131. The molecule has 7 heteroatoms. The molecule has 0 atom stereocenters. The van der Waals surface area contributed by atoms with Gasteiger partial charge in [0.05, 0.1) is 6.61 Å². The van der Waals surface area contributed by atoms with Crippen LogP contribution >= 0.6 is 0 Å². The number of amides is 2. The molecule has 1 heterocycles. The summed E-state index contributed by atoms with van der Waals surface area (Å²) in [6.07, 6.45) is 2.82. The van der Waals surface area contributed by atoms with Gasteiger partial charge in [0.2, 0.25) is 12.3 Å². The number of anilines is 2. The molecular formula is C18H25N3O4. The van der Waals surface area contributed by atoms with E-state index in [0.29, 0.717) is 25.5 Å². The maximum Gasteiger partial charge on any atom is 0.302 e. The SMILES string of the molecule is CC(=O)OCC1CCN(c2ccc(NC(=O)CCNC=O)cc2)CC1. The first-order valence-corrected chi connectivity index (χ1v) is 8.53. The minimum atomic E-state index is -0.220. The Bertz CT molecular complexity index is 580. The second-order valence-corrected chi connectivity index (χ2v) is 6.15. The predicted octanol–water partition coefficient (Wildman–Crippen LogP) is 1.54. The highest BCUT2D eigenvalue weighted by atomic mass is 16.5. The number of carbonyl (C=O) groups is 3. The van der Waals surface area contributed by atoms with Gasteiger partial charge in [0.15, 0.2) is 0 Å². The Kier molecular flexibility index (Phi) is 7.25. The zero-order chi connectivity index (χ0) is 18.1. The monoisotopic (exact) mass is 347 g/mol. The van der Waals surface area contributed by atoms with Crippen LogP contribution in [0, 0.1) is 5.92 Å². The second-order valence-electron chi connectivity index (χ2n) is 6.15. The Hall–Kier alpha value is -2.57. The van der Waals surface area contributed by atoms with Crippen LogP contribution in [0.25, 0.3) is 0 Å². The van der Waals surface area contributed by atoms with Crippen molar-refractivity contribution in [3.8, 4) is 0 Å². The molecule has 0 aromatic heterocycles. The van der Waals surface area contributed by atoms with E-state index >= 15 is 0 Å². The van der Waals surface area contributed by atoms with Crippen LogP contribution in [0.15, 0.2) is 24.3 Å². The average molecular weight is 347 g/mol. The maximum atomic E-state index is 11.7. The van der Waals surface area contributed by atoms with Crippen molar-refractivity contribution < 1.29 is 19.1 Å². The van der Waals surface area contributed by atoms with Gasteiger partial charge in [-0.1, -0.05) is 0 Å². The lowest BCUT2D eigenvalue weighted by molar-refractivity contribution is -0.142. The molecule has 1 aliphatic heterocycles. The van der Waals surface area contributed by atoms with Gasteiger partial charge in [0.25, 0.3) is 0 Å². The molecular weight excluding hydrogens is 322 g/mol. The van der Waals surface area contributed by atoms with Crippen LogP contribution in [-0.2, 0) is 19.1 Å². The number of nitrogens with one attached hydrogen (secondary N) is 2. The molecule has 2 rings (SSSR count). The van der Waals surface area contributed by atoms with E-state index in [1.54, 1.807) is 0 Å². The summed E-state index contributed by atoms with van der Waals surface area (Å²) >= 11 is 0. The van der Waals surface area contributed by atoms with Crippen molar-refractivity contribution in [3.05, 3.63) is 24.3 Å². The van der Waals surface area contributed by atoms with Crippen molar-refractivity contribution >= 4 is 29.7 Å². The number of piperidine rings is 1. The highest BCUT2D eigenvalue weighted by Gasteiger charge is 2.20. The molecule has 136 valence electrons. The second kappa shape index (κ2) is 9.66. The van der Waals surface area contributed by atoms with Gasteiger partial charge in [0.1, 0.15) is 0 Å². The number of benzene rings is 1. The van der Waals surface area contributed by atoms with Gasteiger partial charge in [0, 0.05) is 44.4 Å². The topological polar surface area (TPSA) is 87.7 Å². The molecule has 1 aliphatic rings. The standard InChI is InChI=1S/C18H25N3O4/c1-14(23)25-12-15-7-10-21(11-8-15)17-4-2-16(3-5-17)20-18(24)6-9-19-13-22/h2-5,13,15H,6-12H2,1H3,(H,19,22)(H,20,24). The summed E-state index contributed by atoms with van der Waals surface area (Å²) in [5.41, 5.74) is 1.86. The van der Waals surface area contributed by atoms with E-state index in [2.05, 4.69) is 15.5 Å². The van der Waals surface area contributed by atoms with E-state index < -0.39 is 0 Å². The van der Waals surface area contributed by atoms with Crippen molar-refractivity contribution in [2.45, 2.75) is 26.2 Å². The minimum Gasteiger partial charge on any atom is -0.466 e. The lowest BCUT2D eigenvalue weighted by Crippen LogP contribution is -2.35. The summed E-state index contributed by atoms with van der Waals surface area (Å²) in [5.74, 6) is 0.0778. The van der Waals surface area contributed by atoms with Gasteiger partial charge in [-0.3, -0.25) is 14.4 Å². The number of ether oxygens (including phenoxy) is 1. The first-order valence-electron chi connectivity index (χ1n) is 8.53. The van der Waals surface area contributed by atoms with Crippen molar-refractivity contribution in [2.75, 3.05) is 36.5 Å². The molecule has 25 heavy (non-hydrogen) atoms. The van der Waals surface area contributed by atoms with Crippen LogP contribution in [0.1, 0.15) is 26.2 Å². The molecule has 1 aromatic carbocycles. The average Bonchev–Trinajstić information content (AvgIpc) is 2.61. The van der Waals surface area contributed by atoms with Gasteiger partial charge >= 0.3 is 5.97 Å². The number of hydrogen-bond acceptors (Lipinski definition) is 5. The fourth-order valence-corrected chi connectivity index (χ4v) is 2.82. The third kappa shape index (κ3) is 6.45. The highest BCUT2D eigenvalue weighted by Crippen LogP contribution is 2.24. The lowest BCUT2D eigenvalue weighted by atomic mass is 9.97. The Balaban J connectivity index is 1.77. The molecule has 2 N–H and O–H groups in total. The summed E-state index contributed by atoms with van der Waals surface area (Å²) in [6, 6.07) is 7.74. The molecule has 0 bridgehead atoms. The van der Waals surface area contributed by atoms with Gasteiger partial charge in [-0.2, -0.15) is 0 Å². The van der Waals surface area contributed by atoms with E-state index in [1.165, 1.54) is 6.92 Å². The maximum absolute atomic E-state index is 11.7. The lowest BCUT2D eigenvalue weighted by Gasteiger charge is -2.33. The fourth-order valence-electron chi connectivity index (χ4n) is 2.82. The van der Waals surface area contributed by atoms with Crippen LogP contribution in [0.5, 0.6) is 0 Å². The summed E-state index contributed by atoms with van der Waals surface area (Å²) in [7, 11) is 0. The van der Waals surface area contributed by atoms with E-state index in [1.807, 2.05) is 24.3 Å². The molecule has 1 aromatic rings. The van der Waals surface area contributed by atoms with Gasteiger partial charge in [-0.15, -0.1) is 0 Å². The number of nitrogens with zero attached hydrogens (tertiary/aromatic N) is 1. The molecule has 7 nitrogen and oxygen atoms in total. The molecule has 2 amide bonds. The van der Waals surface area contributed by atoms with E-state index in [9.17, 15) is 14.4 Å². The molecule has 0 spiro atoms. The molecule has 0 saturated carbocycles. The largest absolute Gasteiger partial charge is 0.466 e. The van der Waals surface area contributed by atoms with Crippen molar-refractivity contribution in [1.29, 1.82) is 0 Å². The first-order chi connectivity index (χ1) is 12.1. The zero-order valence-corrected chi connectivity index (χ0v) is 14.5. The molecule has 1 fully saturated rings. The smallest absolute Gasteiger partial charge is 0.302 e. The first kappa shape index (κ1) is 18.8. The Morgan fingerprint density at radius 1 is 1.24 bits per heavy atom. The van der Waals surface area contributed by atoms with Crippen molar-refractivity contribution in [2.24, 2.45) is 5.92 Å². The van der Waals surface area contributed by atoms with Gasteiger partial charge < -0.3 is 20.3 Å². The van der Waals surface area contributed by atoms with Crippen molar-refractivity contribution in [1.82, 2.24) is 5.32 Å². The van der Waals surface area contributed by atoms with Crippen LogP contribution in [-0.4, -0.2) is 44.5 Å². The number of esters is 1. The molecule has 0 radical (unpaired) electrons. The van der Waals surface area contributed by atoms with Crippen LogP contribution in [0.3, 0.4) is 0 Å².